The van der Waals surface area contributed by atoms with Gasteiger partial charge in [-0.3, -0.25) is 0 Å². The van der Waals surface area contributed by atoms with Crippen molar-refractivity contribution in [2.45, 2.75) is 6.92 Å². The van der Waals surface area contributed by atoms with E-state index in [1.54, 1.807) is 7.11 Å². The molecule has 4 aromatic carbocycles. The fourth-order valence-electron chi connectivity index (χ4n) is 3.59. The fraction of sp³-hybridized carbons (Fsp3) is 0.0667. The van der Waals surface area contributed by atoms with Gasteiger partial charge >= 0.3 is 0 Å². The van der Waals surface area contributed by atoms with Crippen LogP contribution in [0.2, 0.25) is 0 Å². The molecule has 0 aliphatic heterocycles. The van der Waals surface area contributed by atoms with Crippen molar-refractivity contribution in [2.24, 2.45) is 0 Å². The number of para-hydroxylation sites is 2. The third kappa shape index (κ3) is 5.16. The standard InChI is InChI=1S/C30H27NO/c1-24(10-9-11-25-16-22-30(32-2)23-17-25)26-18-20-29(21-19-26)31(27-12-5-3-6-13-27)28-14-7-4-8-15-28/h3-23H,1-2H3. The Hall–Kier alpha value is -4.04. The molecule has 0 spiro atoms. The van der Waals surface area contributed by atoms with Crippen molar-refractivity contribution in [2.75, 3.05) is 12.0 Å². The van der Waals surface area contributed by atoms with Gasteiger partial charge in [-0.1, -0.05) is 78.9 Å². The molecule has 158 valence electrons. The predicted molar refractivity (Wildman–Crippen MR) is 137 cm³/mol. The minimum absolute atomic E-state index is 0.869. The molecular formula is C30H27NO. The van der Waals surface area contributed by atoms with E-state index in [-0.39, 0.29) is 0 Å². The van der Waals surface area contributed by atoms with E-state index in [0.717, 1.165) is 28.4 Å². The summed E-state index contributed by atoms with van der Waals surface area (Å²) in [7, 11) is 1.68. The quantitative estimate of drug-likeness (QED) is 0.280. The molecule has 0 aliphatic rings. The highest BCUT2D eigenvalue weighted by molar-refractivity contribution is 5.78. The van der Waals surface area contributed by atoms with Gasteiger partial charge in [-0.25, -0.2) is 0 Å². The molecular weight excluding hydrogens is 390 g/mol. The zero-order valence-electron chi connectivity index (χ0n) is 18.5. The lowest BCUT2D eigenvalue weighted by Gasteiger charge is -2.25. The molecule has 0 unspecified atom stereocenters. The van der Waals surface area contributed by atoms with E-state index in [9.17, 15) is 0 Å². The zero-order chi connectivity index (χ0) is 22.2. The number of methoxy groups -OCH3 is 1. The molecule has 0 aliphatic carbocycles. The molecule has 0 N–H and O–H groups in total. The van der Waals surface area contributed by atoms with Crippen LogP contribution in [0, 0.1) is 0 Å². The Morgan fingerprint density at radius 3 is 1.72 bits per heavy atom. The Labute approximate surface area is 190 Å². The highest BCUT2D eigenvalue weighted by Crippen LogP contribution is 2.34. The van der Waals surface area contributed by atoms with Gasteiger partial charge in [0.15, 0.2) is 0 Å². The second kappa shape index (κ2) is 10.3. The first-order valence-corrected chi connectivity index (χ1v) is 10.7. The zero-order valence-corrected chi connectivity index (χ0v) is 18.5. The third-order valence-electron chi connectivity index (χ3n) is 5.36. The molecule has 0 saturated carbocycles. The maximum atomic E-state index is 5.21. The van der Waals surface area contributed by atoms with Crippen LogP contribution in [0.15, 0.2) is 121 Å². The van der Waals surface area contributed by atoms with Crippen LogP contribution < -0.4 is 9.64 Å². The van der Waals surface area contributed by atoms with Crippen LogP contribution in [0.1, 0.15) is 18.1 Å². The lowest BCUT2D eigenvalue weighted by atomic mass is 10.1. The molecule has 0 amide bonds. The molecule has 0 heterocycles. The molecule has 2 heteroatoms. The average Bonchev–Trinajstić information content (AvgIpc) is 2.86. The predicted octanol–water partition coefficient (Wildman–Crippen LogP) is 8.28. The van der Waals surface area contributed by atoms with Crippen LogP contribution in [-0.2, 0) is 0 Å². The number of rotatable bonds is 7. The molecule has 4 rings (SSSR count). The van der Waals surface area contributed by atoms with Crippen LogP contribution in [-0.4, -0.2) is 7.11 Å². The fourth-order valence-corrected chi connectivity index (χ4v) is 3.59. The summed E-state index contributed by atoms with van der Waals surface area (Å²) in [6.45, 7) is 2.14. The van der Waals surface area contributed by atoms with E-state index in [2.05, 4.69) is 115 Å². The summed E-state index contributed by atoms with van der Waals surface area (Å²) in [5.41, 5.74) is 6.98. The summed E-state index contributed by atoms with van der Waals surface area (Å²) in [5.74, 6) is 0.869. The van der Waals surface area contributed by atoms with Gasteiger partial charge in [0.2, 0.25) is 0 Å². The smallest absolute Gasteiger partial charge is 0.118 e. The third-order valence-corrected chi connectivity index (χ3v) is 5.36. The van der Waals surface area contributed by atoms with Crippen molar-refractivity contribution in [3.63, 3.8) is 0 Å². The number of anilines is 3. The van der Waals surface area contributed by atoms with Gasteiger partial charge in [0.1, 0.15) is 5.75 Å². The Kier molecular flexibility index (Phi) is 6.84. The highest BCUT2D eigenvalue weighted by atomic mass is 16.5. The van der Waals surface area contributed by atoms with Crippen molar-refractivity contribution in [3.8, 4) is 5.75 Å². The minimum Gasteiger partial charge on any atom is -0.497 e. The van der Waals surface area contributed by atoms with Crippen LogP contribution >= 0.6 is 0 Å². The first kappa shape index (κ1) is 21.2. The van der Waals surface area contributed by atoms with E-state index in [4.69, 9.17) is 4.74 Å². The Balaban J connectivity index is 1.55. The van der Waals surface area contributed by atoms with E-state index in [0.29, 0.717) is 0 Å². The monoisotopic (exact) mass is 417 g/mol. The van der Waals surface area contributed by atoms with Gasteiger partial charge in [0, 0.05) is 17.1 Å². The van der Waals surface area contributed by atoms with Gasteiger partial charge in [-0.15, -0.1) is 0 Å². The molecule has 2 nitrogen and oxygen atoms in total. The van der Waals surface area contributed by atoms with E-state index < -0.39 is 0 Å². The van der Waals surface area contributed by atoms with Gasteiger partial charge in [0.25, 0.3) is 0 Å². The average molecular weight is 418 g/mol. The summed E-state index contributed by atoms with van der Waals surface area (Å²) < 4.78 is 5.21. The summed E-state index contributed by atoms with van der Waals surface area (Å²) in [6.07, 6.45) is 6.33. The van der Waals surface area contributed by atoms with Crippen molar-refractivity contribution in [1.82, 2.24) is 0 Å². The SMILES string of the molecule is COc1ccc(C=CC=C(C)c2ccc(N(c3ccccc3)c3ccccc3)cc2)cc1. The first-order chi connectivity index (χ1) is 15.7. The normalized spacial score (nSPS) is 11.5. The molecule has 0 radical (unpaired) electrons. The topological polar surface area (TPSA) is 12.5 Å². The van der Waals surface area contributed by atoms with Gasteiger partial charge < -0.3 is 9.64 Å². The van der Waals surface area contributed by atoms with Crippen molar-refractivity contribution in [1.29, 1.82) is 0 Å². The van der Waals surface area contributed by atoms with Crippen LogP contribution in [0.5, 0.6) is 5.75 Å². The lowest BCUT2D eigenvalue weighted by molar-refractivity contribution is 0.415. The number of allylic oxidation sites excluding steroid dienone is 3. The summed E-state index contributed by atoms with van der Waals surface area (Å²) in [6, 6.07) is 37.7. The van der Waals surface area contributed by atoms with Gasteiger partial charge in [-0.05, 0) is 72.2 Å². The van der Waals surface area contributed by atoms with Crippen molar-refractivity contribution in [3.05, 3.63) is 132 Å². The van der Waals surface area contributed by atoms with Crippen LogP contribution in [0.3, 0.4) is 0 Å². The maximum Gasteiger partial charge on any atom is 0.118 e. The van der Waals surface area contributed by atoms with E-state index in [1.165, 1.54) is 11.1 Å². The Morgan fingerprint density at radius 2 is 1.19 bits per heavy atom. The summed E-state index contributed by atoms with van der Waals surface area (Å²) in [4.78, 5) is 2.27. The van der Waals surface area contributed by atoms with Gasteiger partial charge in [-0.2, -0.15) is 0 Å². The molecule has 0 aromatic heterocycles. The lowest BCUT2D eigenvalue weighted by Crippen LogP contribution is -2.09. The maximum absolute atomic E-state index is 5.21. The minimum atomic E-state index is 0.869. The van der Waals surface area contributed by atoms with Crippen molar-refractivity contribution >= 4 is 28.7 Å². The van der Waals surface area contributed by atoms with Crippen molar-refractivity contribution < 1.29 is 4.74 Å². The van der Waals surface area contributed by atoms with Crippen LogP contribution in [0.25, 0.3) is 11.6 Å². The number of nitrogens with zero attached hydrogens (tertiary/aromatic N) is 1. The van der Waals surface area contributed by atoms with Crippen LogP contribution in [0.4, 0.5) is 17.1 Å². The summed E-state index contributed by atoms with van der Waals surface area (Å²) in [5, 5.41) is 0. The second-order valence-corrected chi connectivity index (χ2v) is 7.54. The molecule has 0 atom stereocenters. The molecule has 4 aromatic rings. The molecule has 0 bridgehead atoms. The van der Waals surface area contributed by atoms with Gasteiger partial charge in [0.05, 0.1) is 7.11 Å². The molecule has 0 saturated heterocycles. The number of ether oxygens (including phenoxy) is 1. The largest absolute Gasteiger partial charge is 0.497 e. The second-order valence-electron chi connectivity index (χ2n) is 7.54. The van der Waals surface area contributed by atoms with E-state index >= 15 is 0 Å². The molecule has 0 fully saturated rings. The number of hydrogen-bond acceptors (Lipinski definition) is 2. The Morgan fingerprint density at radius 1 is 0.656 bits per heavy atom. The van der Waals surface area contributed by atoms with E-state index in [1.807, 2.05) is 24.3 Å². The first-order valence-electron chi connectivity index (χ1n) is 10.7. The number of hydrogen-bond donors (Lipinski definition) is 0. The summed E-state index contributed by atoms with van der Waals surface area (Å²) >= 11 is 0. The molecule has 32 heavy (non-hydrogen) atoms. The highest BCUT2D eigenvalue weighted by Gasteiger charge is 2.11. The number of benzene rings is 4. The Bertz CT molecular complexity index is 1140.